The molecule has 31 heavy (non-hydrogen) atoms. The molecule has 0 aromatic heterocycles. The van der Waals surface area contributed by atoms with E-state index in [4.69, 9.17) is 14.2 Å². The Labute approximate surface area is 191 Å². The normalized spacial score (nSPS) is 18.6. The van der Waals surface area contributed by atoms with Gasteiger partial charge in [-0.15, -0.1) is 0 Å². The molecular weight excluding hydrogens is 392 g/mol. The molecule has 0 saturated heterocycles. The molecule has 0 aromatic rings. The predicted octanol–water partition coefficient (Wildman–Crippen LogP) is 6.62. The molecule has 0 heterocycles. The standard InChI is InChI=1S/C26H48O5/c1-3-4-5-6-7-8-9-10-11-12-13-14-17-20-30-25(27)23-18-15-16-19-24(23)26(28)31-22-21-29-2/h23-24H,3-22H2,1-2H3. The van der Waals surface area contributed by atoms with Gasteiger partial charge >= 0.3 is 11.9 Å². The van der Waals surface area contributed by atoms with Gasteiger partial charge in [0.2, 0.25) is 0 Å². The summed E-state index contributed by atoms with van der Waals surface area (Å²) in [5.74, 6) is -1.19. The van der Waals surface area contributed by atoms with Gasteiger partial charge in [-0.1, -0.05) is 96.8 Å². The zero-order valence-corrected chi connectivity index (χ0v) is 20.3. The fraction of sp³-hybridized carbons (Fsp3) is 0.923. The van der Waals surface area contributed by atoms with Gasteiger partial charge in [0.05, 0.1) is 25.0 Å². The second kappa shape index (κ2) is 19.6. The summed E-state index contributed by atoms with van der Waals surface area (Å²) in [5, 5.41) is 0. The van der Waals surface area contributed by atoms with Crippen LogP contribution in [0.5, 0.6) is 0 Å². The Hall–Kier alpha value is -1.10. The molecular formula is C26H48O5. The lowest BCUT2D eigenvalue weighted by Gasteiger charge is -2.28. The number of esters is 2. The molecule has 1 aliphatic carbocycles. The molecule has 0 N–H and O–H groups in total. The van der Waals surface area contributed by atoms with E-state index in [1.165, 1.54) is 70.6 Å². The van der Waals surface area contributed by atoms with Crippen LogP contribution in [0.2, 0.25) is 0 Å². The lowest BCUT2D eigenvalue weighted by molar-refractivity contribution is -0.163. The fourth-order valence-electron chi connectivity index (χ4n) is 4.43. The second-order valence-corrected chi connectivity index (χ2v) is 9.07. The molecule has 1 fully saturated rings. The van der Waals surface area contributed by atoms with E-state index in [1.807, 2.05) is 0 Å². The summed E-state index contributed by atoms with van der Waals surface area (Å²) >= 11 is 0. The van der Waals surface area contributed by atoms with Crippen molar-refractivity contribution in [2.45, 2.75) is 116 Å². The fourth-order valence-corrected chi connectivity index (χ4v) is 4.43. The molecule has 0 aromatic carbocycles. The molecule has 0 radical (unpaired) electrons. The largest absolute Gasteiger partial charge is 0.465 e. The van der Waals surface area contributed by atoms with E-state index in [2.05, 4.69) is 6.92 Å². The number of methoxy groups -OCH3 is 1. The van der Waals surface area contributed by atoms with Gasteiger partial charge in [0, 0.05) is 7.11 Å². The van der Waals surface area contributed by atoms with Gasteiger partial charge in [0.1, 0.15) is 6.61 Å². The van der Waals surface area contributed by atoms with Gasteiger partial charge in [0.15, 0.2) is 0 Å². The quantitative estimate of drug-likeness (QED) is 0.167. The summed E-state index contributed by atoms with van der Waals surface area (Å²) in [5.41, 5.74) is 0. The molecule has 0 spiro atoms. The van der Waals surface area contributed by atoms with Crippen molar-refractivity contribution in [2.24, 2.45) is 11.8 Å². The first-order chi connectivity index (χ1) is 15.2. The zero-order valence-electron chi connectivity index (χ0n) is 20.3. The Kier molecular flexibility index (Phi) is 17.6. The SMILES string of the molecule is CCCCCCCCCCCCCCCOC(=O)C1CCCCC1C(=O)OCCOC. The summed E-state index contributed by atoms with van der Waals surface area (Å²) in [6.45, 7) is 3.36. The van der Waals surface area contributed by atoms with E-state index in [0.29, 0.717) is 19.6 Å². The van der Waals surface area contributed by atoms with Crippen LogP contribution in [0.1, 0.15) is 116 Å². The first-order valence-electron chi connectivity index (χ1n) is 13.0. The number of hydrogen-bond donors (Lipinski definition) is 0. The monoisotopic (exact) mass is 440 g/mol. The van der Waals surface area contributed by atoms with Crippen molar-refractivity contribution < 1.29 is 23.8 Å². The topological polar surface area (TPSA) is 61.8 Å². The van der Waals surface area contributed by atoms with Gasteiger partial charge < -0.3 is 14.2 Å². The maximum absolute atomic E-state index is 12.5. The second-order valence-electron chi connectivity index (χ2n) is 9.07. The summed E-state index contributed by atoms with van der Waals surface area (Å²) in [6.07, 6.45) is 20.3. The highest BCUT2D eigenvalue weighted by Crippen LogP contribution is 2.32. The highest BCUT2D eigenvalue weighted by Gasteiger charge is 2.37. The molecule has 5 heteroatoms. The molecule has 2 atom stereocenters. The average molecular weight is 441 g/mol. The van der Waals surface area contributed by atoms with Crippen molar-refractivity contribution in [3.63, 3.8) is 0 Å². The lowest BCUT2D eigenvalue weighted by atomic mass is 9.79. The highest BCUT2D eigenvalue weighted by molar-refractivity contribution is 5.82. The van der Waals surface area contributed by atoms with E-state index in [1.54, 1.807) is 7.11 Å². The molecule has 5 nitrogen and oxygen atoms in total. The summed E-state index contributed by atoms with van der Waals surface area (Å²) in [7, 11) is 1.57. The number of unbranched alkanes of at least 4 members (excludes halogenated alkanes) is 12. The number of ether oxygens (including phenoxy) is 3. The summed E-state index contributed by atoms with van der Waals surface area (Å²) in [6, 6.07) is 0. The molecule has 182 valence electrons. The van der Waals surface area contributed by atoms with Crippen molar-refractivity contribution >= 4 is 11.9 Å². The minimum Gasteiger partial charge on any atom is -0.465 e. The van der Waals surface area contributed by atoms with Crippen LogP contribution in [0.15, 0.2) is 0 Å². The van der Waals surface area contributed by atoms with E-state index >= 15 is 0 Å². The third-order valence-corrected chi connectivity index (χ3v) is 6.40. The smallest absolute Gasteiger partial charge is 0.309 e. The maximum atomic E-state index is 12.5. The van der Waals surface area contributed by atoms with Crippen LogP contribution in [-0.4, -0.2) is 38.9 Å². The van der Waals surface area contributed by atoms with Gasteiger partial charge in [-0.05, 0) is 19.3 Å². The highest BCUT2D eigenvalue weighted by atomic mass is 16.6. The van der Waals surface area contributed by atoms with Crippen LogP contribution >= 0.6 is 0 Å². The molecule has 0 aliphatic heterocycles. The van der Waals surface area contributed by atoms with Crippen LogP contribution in [0.4, 0.5) is 0 Å². The summed E-state index contributed by atoms with van der Waals surface area (Å²) in [4.78, 5) is 24.8. The Morgan fingerprint density at radius 3 is 1.48 bits per heavy atom. The Morgan fingerprint density at radius 2 is 1.03 bits per heavy atom. The van der Waals surface area contributed by atoms with Gasteiger partial charge in [0.25, 0.3) is 0 Å². The summed E-state index contributed by atoms with van der Waals surface area (Å²) < 4.78 is 15.7. The van der Waals surface area contributed by atoms with E-state index in [0.717, 1.165) is 32.1 Å². The molecule has 2 unspecified atom stereocenters. The number of rotatable bonds is 19. The Balaban J connectivity index is 2.03. The first kappa shape index (κ1) is 27.9. The Morgan fingerprint density at radius 1 is 0.613 bits per heavy atom. The van der Waals surface area contributed by atoms with Gasteiger partial charge in [-0.25, -0.2) is 0 Å². The van der Waals surface area contributed by atoms with Gasteiger partial charge in [-0.2, -0.15) is 0 Å². The van der Waals surface area contributed by atoms with Crippen molar-refractivity contribution in [1.82, 2.24) is 0 Å². The number of carbonyl (C=O) groups is 2. The predicted molar refractivity (Wildman–Crippen MR) is 125 cm³/mol. The number of hydrogen-bond acceptors (Lipinski definition) is 5. The maximum Gasteiger partial charge on any atom is 0.309 e. The van der Waals surface area contributed by atoms with Crippen molar-refractivity contribution in [3.05, 3.63) is 0 Å². The Bertz CT molecular complexity index is 451. The molecule has 1 rings (SSSR count). The van der Waals surface area contributed by atoms with Gasteiger partial charge in [-0.3, -0.25) is 9.59 Å². The molecule has 1 saturated carbocycles. The van der Waals surface area contributed by atoms with Crippen LogP contribution < -0.4 is 0 Å². The van der Waals surface area contributed by atoms with Crippen molar-refractivity contribution in [2.75, 3.05) is 26.9 Å². The van der Waals surface area contributed by atoms with Crippen LogP contribution in [-0.2, 0) is 23.8 Å². The lowest BCUT2D eigenvalue weighted by Crippen LogP contribution is -2.35. The average Bonchev–Trinajstić information content (AvgIpc) is 2.79. The molecule has 0 amide bonds. The van der Waals surface area contributed by atoms with Crippen molar-refractivity contribution in [1.29, 1.82) is 0 Å². The van der Waals surface area contributed by atoms with E-state index < -0.39 is 0 Å². The van der Waals surface area contributed by atoms with Crippen LogP contribution in [0, 0.1) is 11.8 Å². The molecule has 1 aliphatic rings. The zero-order chi connectivity index (χ0) is 22.6. The minimum absolute atomic E-state index is 0.215. The van der Waals surface area contributed by atoms with Crippen molar-refractivity contribution in [3.8, 4) is 0 Å². The minimum atomic E-state index is -0.357. The van der Waals surface area contributed by atoms with E-state index in [9.17, 15) is 9.59 Å². The van der Waals surface area contributed by atoms with E-state index in [-0.39, 0.29) is 30.4 Å². The first-order valence-corrected chi connectivity index (χ1v) is 13.0. The third kappa shape index (κ3) is 13.8. The van der Waals surface area contributed by atoms with Crippen LogP contribution in [0.25, 0.3) is 0 Å². The third-order valence-electron chi connectivity index (χ3n) is 6.40. The number of carbonyl (C=O) groups excluding carboxylic acids is 2. The van der Waals surface area contributed by atoms with Crippen LogP contribution in [0.3, 0.4) is 0 Å². The molecule has 0 bridgehead atoms.